The molecular formula is C24H22N2O5. The number of nitrogens with zero attached hydrogens (tertiary/aromatic N) is 2. The van der Waals surface area contributed by atoms with E-state index < -0.39 is 11.6 Å². The molecule has 0 saturated carbocycles. The number of para-hydroxylation sites is 1. The number of carbonyl (C=O) groups is 1. The van der Waals surface area contributed by atoms with E-state index in [0.29, 0.717) is 16.5 Å². The van der Waals surface area contributed by atoms with Gasteiger partial charge in [0.15, 0.2) is 0 Å². The van der Waals surface area contributed by atoms with Gasteiger partial charge in [-0.2, -0.15) is 5.10 Å². The Bertz CT molecular complexity index is 1340. The van der Waals surface area contributed by atoms with Gasteiger partial charge < -0.3 is 14.3 Å². The van der Waals surface area contributed by atoms with Crippen LogP contribution < -0.4 is 5.63 Å². The summed E-state index contributed by atoms with van der Waals surface area (Å²) >= 11 is 0. The third-order valence-electron chi connectivity index (χ3n) is 5.37. The van der Waals surface area contributed by atoms with Crippen molar-refractivity contribution >= 4 is 16.9 Å². The van der Waals surface area contributed by atoms with Crippen molar-refractivity contribution in [1.82, 2.24) is 9.78 Å². The Labute approximate surface area is 178 Å². The van der Waals surface area contributed by atoms with Gasteiger partial charge in [0.25, 0.3) is 0 Å². The fourth-order valence-electron chi connectivity index (χ4n) is 3.64. The van der Waals surface area contributed by atoms with Gasteiger partial charge in [-0.3, -0.25) is 4.79 Å². The maximum absolute atomic E-state index is 12.6. The van der Waals surface area contributed by atoms with Crippen molar-refractivity contribution < 1.29 is 19.1 Å². The van der Waals surface area contributed by atoms with E-state index in [-0.39, 0.29) is 24.4 Å². The first kappa shape index (κ1) is 20.4. The second kappa shape index (κ2) is 8.10. The third-order valence-corrected chi connectivity index (χ3v) is 5.37. The number of hydrogen-bond donors (Lipinski definition) is 1. The molecule has 4 rings (SSSR count). The molecule has 0 atom stereocenters. The van der Waals surface area contributed by atoms with E-state index in [9.17, 15) is 14.7 Å². The number of aromatic hydroxyl groups is 1. The normalized spacial score (nSPS) is 11.1. The van der Waals surface area contributed by atoms with Crippen molar-refractivity contribution in [1.29, 1.82) is 0 Å². The number of aromatic nitrogens is 2. The number of phenolic OH excluding ortho intramolecular Hbond substituents is 1. The smallest absolute Gasteiger partial charge is 0.336 e. The monoisotopic (exact) mass is 418 g/mol. The molecule has 2 aromatic carbocycles. The molecule has 4 aromatic rings. The number of ether oxygens (including phenoxy) is 1. The lowest BCUT2D eigenvalue weighted by Crippen LogP contribution is -2.11. The van der Waals surface area contributed by atoms with Crippen LogP contribution in [-0.4, -0.2) is 20.9 Å². The Morgan fingerprint density at radius 3 is 2.61 bits per heavy atom. The van der Waals surface area contributed by atoms with E-state index in [4.69, 9.17) is 9.15 Å². The molecule has 0 unspecified atom stereocenters. The maximum atomic E-state index is 12.6. The molecule has 7 heteroatoms. The molecule has 0 amide bonds. The second-order valence-corrected chi connectivity index (χ2v) is 7.41. The van der Waals surface area contributed by atoms with Crippen LogP contribution in [-0.2, 0) is 22.6 Å². The van der Waals surface area contributed by atoms with Crippen molar-refractivity contribution in [2.24, 2.45) is 0 Å². The van der Waals surface area contributed by atoms with Crippen molar-refractivity contribution in [2.45, 2.75) is 33.8 Å². The van der Waals surface area contributed by atoms with Crippen LogP contribution in [0.25, 0.3) is 16.7 Å². The number of esters is 1. The fraction of sp³-hybridized carbons (Fsp3) is 0.208. The van der Waals surface area contributed by atoms with E-state index in [0.717, 1.165) is 22.6 Å². The van der Waals surface area contributed by atoms with Crippen LogP contribution in [0.2, 0.25) is 0 Å². The molecule has 158 valence electrons. The van der Waals surface area contributed by atoms with E-state index in [1.807, 2.05) is 48.9 Å². The number of carbonyl (C=O) groups excluding carboxylic acids is 1. The van der Waals surface area contributed by atoms with Gasteiger partial charge in [-0.05, 0) is 45.0 Å². The first-order valence-electron chi connectivity index (χ1n) is 9.86. The Balaban J connectivity index is 1.54. The highest BCUT2D eigenvalue weighted by molar-refractivity contribution is 5.85. The lowest BCUT2D eigenvalue weighted by atomic mass is 10.1. The summed E-state index contributed by atoms with van der Waals surface area (Å²) in [7, 11) is 0. The summed E-state index contributed by atoms with van der Waals surface area (Å²) < 4.78 is 12.5. The van der Waals surface area contributed by atoms with Crippen LogP contribution >= 0.6 is 0 Å². The minimum absolute atomic E-state index is 0.0335. The summed E-state index contributed by atoms with van der Waals surface area (Å²) in [5.41, 5.74) is 4.07. The number of hydrogen-bond acceptors (Lipinski definition) is 6. The third kappa shape index (κ3) is 3.94. The van der Waals surface area contributed by atoms with Gasteiger partial charge >= 0.3 is 11.6 Å². The lowest BCUT2D eigenvalue weighted by Gasteiger charge is -2.09. The van der Waals surface area contributed by atoms with Crippen LogP contribution in [0, 0.1) is 20.8 Å². The van der Waals surface area contributed by atoms with Gasteiger partial charge in [0, 0.05) is 33.8 Å². The highest BCUT2D eigenvalue weighted by atomic mass is 16.5. The summed E-state index contributed by atoms with van der Waals surface area (Å²) in [5, 5.41) is 15.0. The van der Waals surface area contributed by atoms with E-state index in [1.54, 1.807) is 13.0 Å². The Hall–Kier alpha value is -3.87. The minimum atomic E-state index is -0.567. The van der Waals surface area contributed by atoms with Gasteiger partial charge in [0.1, 0.15) is 17.9 Å². The molecule has 0 aliphatic carbocycles. The van der Waals surface area contributed by atoms with Gasteiger partial charge in [-0.15, -0.1) is 0 Å². The van der Waals surface area contributed by atoms with Gasteiger partial charge in [-0.1, -0.05) is 18.2 Å². The first-order chi connectivity index (χ1) is 14.8. The predicted octanol–water partition coefficient (Wildman–Crippen LogP) is 3.90. The first-order valence-corrected chi connectivity index (χ1v) is 9.86. The molecule has 0 spiro atoms. The molecule has 0 bridgehead atoms. The van der Waals surface area contributed by atoms with Crippen molar-refractivity contribution in [3.8, 4) is 11.4 Å². The molecule has 0 radical (unpaired) electrons. The van der Waals surface area contributed by atoms with E-state index >= 15 is 0 Å². The summed E-state index contributed by atoms with van der Waals surface area (Å²) in [4.78, 5) is 24.5. The van der Waals surface area contributed by atoms with E-state index in [2.05, 4.69) is 5.10 Å². The zero-order valence-electron chi connectivity index (χ0n) is 17.5. The SMILES string of the molecule is Cc1nn(-c2ccccc2)c(C)c1CC(=O)OCc1cc(=O)oc2c(C)c(O)ccc12. The van der Waals surface area contributed by atoms with E-state index in [1.165, 1.54) is 12.1 Å². The second-order valence-electron chi connectivity index (χ2n) is 7.41. The zero-order valence-corrected chi connectivity index (χ0v) is 17.5. The van der Waals surface area contributed by atoms with Crippen LogP contribution in [0.15, 0.2) is 57.7 Å². The average molecular weight is 418 g/mol. The number of benzene rings is 2. The average Bonchev–Trinajstić information content (AvgIpc) is 3.04. The number of fused-ring (bicyclic) bond motifs is 1. The number of phenols is 1. The summed E-state index contributed by atoms with van der Waals surface area (Å²) in [6.45, 7) is 5.36. The molecule has 7 nitrogen and oxygen atoms in total. The van der Waals surface area contributed by atoms with Crippen LogP contribution in [0.1, 0.15) is 28.1 Å². The van der Waals surface area contributed by atoms with Crippen molar-refractivity contribution in [3.05, 3.63) is 87.0 Å². The Morgan fingerprint density at radius 1 is 1.13 bits per heavy atom. The quantitative estimate of drug-likeness (QED) is 0.390. The molecular weight excluding hydrogens is 396 g/mol. The molecule has 0 aliphatic heterocycles. The highest BCUT2D eigenvalue weighted by Gasteiger charge is 2.18. The number of aryl methyl sites for hydroxylation is 2. The Morgan fingerprint density at radius 2 is 1.87 bits per heavy atom. The van der Waals surface area contributed by atoms with Crippen molar-refractivity contribution in [2.75, 3.05) is 0 Å². The van der Waals surface area contributed by atoms with Gasteiger partial charge in [0.05, 0.1) is 17.8 Å². The largest absolute Gasteiger partial charge is 0.508 e. The molecule has 0 saturated heterocycles. The van der Waals surface area contributed by atoms with Crippen molar-refractivity contribution in [3.63, 3.8) is 0 Å². The molecule has 0 fully saturated rings. The standard InChI is InChI=1S/C24H22N2O5/c1-14-21(27)10-9-19-17(11-23(29)31-24(14)19)13-30-22(28)12-20-15(2)25-26(16(20)3)18-7-5-4-6-8-18/h4-11,27H,12-13H2,1-3H3. The maximum Gasteiger partial charge on any atom is 0.336 e. The molecule has 2 heterocycles. The minimum Gasteiger partial charge on any atom is -0.508 e. The Kier molecular flexibility index (Phi) is 5.33. The number of rotatable bonds is 5. The molecule has 2 aromatic heterocycles. The van der Waals surface area contributed by atoms with Crippen LogP contribution in [0.4, 0.5) is 0 Å². The van der Waals surface area contributed by atoms with Gasteiger partial charge in [0.2, 0.25) is 0 Å². The topological polar surface area (TPSA) is 94.6 Å². The molecule has 1 N–H and O–H groups in total. The van der Waals surface area contributed by atoms with Crippen LogP contribution in [0.3, 0.4) is 0 Å². The predicted molar refractivity (Wildman–Crippen MR) is 115 cm³/mol. The van der Waals surface area contributed by atoms with Crippen LogP contribution in [0.5, 0.6) is 5.75 Å². The molecule has 0 aliphatic rings. The lowest BCUT2D eigenvalue weighted by molar-refractivity contribution is -0.144. The summed E-state index contributed by atoms with van der Waals surface area (Å²) in [6, 6.07) is 14.2. The molecule has 31 heavy (non-hydrogen) atoms. The van der Waals surface area contributed by atoms with Gasteiger partial charge in [-0.25, -0.2) is 9.48 Å². The summed E-state index contributed by atoms with van der Waals surface area (Å²) in [6.07, 6.45) is 0.0731. The fourth-order valence-corrected chi connectivity index (χ4v) is 3.64. The highest BCUT2D eigenvalue weighted by Crippen LogP contribution is 2.28. The zero-order chi connectivity index (χ0) is 22.1. The summed E-state index contributed by atoms with van der Waals surface area (Å²) in [5.74, 6) is -0.387.